The third kappa shape index (κ3) is 3.53. The Morgan fingerprint density at radius 2 is 1.92 bits per heavy atom. The number of aliphatic hydroxyl groups excluding tert-OH is 1. The van der Waals surface area contributed by atoms with Crippen molar-refractivity contribution >= 4 is 11.0 Å². The summed E-state index contributed by atoms with van der Waals surface area (Å²) in [7, 11) is 0. The van der Waals surface area contributed by atoms with E-state index in [0.29, 0.717) is 5.92 Å². The minimum Gasteiger partial charge on any atom is -0.391 e. The van der Waals surface area contributed by atoms with Gasteiger partial charge in [-0.25, -0.2) is 4.98 Å². The molecule has 4 heteroatoms. The number of nitrogens with one attached hydrogen (secondary N) is 1. The van der Waals surface area contributed by atoms with E-state index in [9.17, 15) is 5.11 Å². The van der Waals surface area contributed by atoms with E-state index in [1.165, 1.54) is 16.5 Å². The van der Waals surface area contributed by atoms with E-state index in [0.717, 1.165) is 38.1 Å². The molecule has 0 bridgehead atoms. The topological polar surface area (TPSA) is 52.1 Å². The zero-order valence-corrected chi connectivity index (χ0v) is 15.3. The van der Waals surface area contributed by atoms with E-state index < -0.39 is 0 Å². The van der Waals surface area contributed by atoms with Gasteiger partial charge >= 0.3 is 0 Å². The maximum Gasteiger partial charge on any atom is 0.137 e. The molecule has 1 aromatic carbocycles. The van der Waals surface area contributed by atoms with Gasteiger partial charge in [0.15, 0.2) is 0 Å². The molecule has 0 spiro atoms. The van der Waals surface area contributed by atoms with Gasteiger partial charge in [0.1, 0.15) is 5.65 Å². The summed E-state index contributed by atoms with van der Waals surface area (Å²) in [6.45, 7) is 4.94. The summed E-state index contributed by atoms with van der Waals surface area (Å²) < 4.78 is 0. The van der Waals surface area contributed by atoms with Crippen LogP contribution in [0.5, 0.6) is 0 Å². The molecule has 0 radical (unpaired) electrons. The number of rotatable bonds is 5. The minimum absolute atomic E-state index is 0.161. The van der Waals surface area contributed by atoms with Crippen molar-refractivity contribution in [3.05, 3.63) is 66.0 Å². The lowest BCUT2D eigenvalue weighted by Crippen LogP contribution is -2.40. The van der Waals surface area contributed by atoms with Gasteiger partial charge in [0.25, 0.3) is 0 Å². The van der Waals surface area contributed by atoms with E-state index >= 15 is 0 Å². The summed E-state index contributed by atoms with van der Waals surface area (Å²) in [6.07, 6.45) is 5.90. The summed E-state index contributed by atoms with van der Waals surface area (Å²) in [5.74, 6) is 0.738. The first kappa shape index (κ1) is 17.3. The molecule has 1 fully saturated rings. The van der Waals surface area contributed by atoms with Gasteiger partial charge in [0.2, 0.25) is 0 Å². The molecule has 4 rings (SSSR count). The van der Waals surface area contributed by atoms with Gasteiger partial charge in [-0.1, -0.05) is 37.3 Å². The van der Waals surface area contributed by atoms with E-state index in [1.54, 1.807) is 0 Å². The van der Waals surface area contributed by atoms with Gasteiger partial charge in [0, 0.05) is 30.2 Å². The lowest BCUT2D eigenvalue weighted by Gasteiger charge is -2.34. The van der Waals surface area contributed by atoms with Crippen molar-refractivity contribution < 1.29 is 5.11 Å². The van der Waals surface area contributed by atoms with Gasteiger partial charge in [-0.2, -0.15) is 0 Å². The Kier molecular flexibility index (Phi) is 5.05. The van der Waals surface area contributed by atoms with Gasteiger partial charge in [-0.3, -0.25) is 0 Å². The molecule has 3 aromatic rings. The normalized spacial score (nSPS) is 18.8. The number of hydrogen-bond donors (Lipinski definition) is 2. The number of aromatic amines is 1. The number of fused-ring (bicyclic) bond motifs is 1. The molecule has 1 aliphatic heterocycles. The second-order valence-corrected chi connectivity index (χ2v) is 7.49. The van der Waals surface area contributed by atoms with Gasteiger partial charge in [-0.05, 0) is 55.1 Å². The van der Waals surface area contributed by atoms with Crippen molar-refractivity contribution in [1.82, 2.24) is 14.9 Å². The van der Waals surface area contributed by atoms with Crippen LogP contribution < -0.4 is 0 Å². The number of β-amino-alcohol motifs (C(OH)–C–C–N with tert-alkyl or cyclic N) is 1. The summed E-state index contributed by atoms with van der Waals surface area (Å²) in [4.78, 5) is 10.1. The Labute approximate surface area is 154 Å². The molecule has 4 nitrogen and oxygen atoms in total. The largest absolute Gasteiger partial charge is 0.391 e. The van der Waals surface area contributed by atoms with Crippen molar-refractivity contribution in [3.63, 3.8) is 0 Å². The third-order valence-electron chi connectivity index (χ3n) is 5.86. The lowest BCUT2D eigenvalue weighted by molar-refractivity contribution is 0.0814. The van der Waals surface area contributed by atoms with Gasteiger partial charge in [0.05, 0.1) is 6.10 Å². The van der Waals surface area contributed by atoms with Crippen LogP contribution >= 0.6 is 0 Å². The summed E-state index contributed by atoms with van der Waals surface area (Å²) in [5, 5.41) is 11.9. The predicted octanol–water partition coefficient (Wildman–Crippen LogP) is 3.91. The minimum atomic E-state index is -0.328. The van der Waals surface area contributed by atoms with E-state index in [4.69, 9.17) is 0 Å². The Balaban J connectivity index is 1.35. The van der Waals surface area contributed by atoms with Crippen LogP contribution in [0, 0.1) is 0 Å². The fourth-order valence-electron chi connectivity index (χ4n) is 4.14. The highest BCUT2D eigenvalue weighted by Gasteiger charge is 2.26. The van der Waals surface area contributed by atoms with Crippen LogP contribution in [-0.4, -0.2) is 45.7 Å². The molecule has 1 aliphatic rings. The Morgan fingerprint density at radius 3 is 2.69 bits per heavy atom. The number of benzene rings is 1. The molecular formula is C22H27N3O. The van der Waals surface area contributed by atoms with Crippen LogP contribution in [0.1, 0.15) is 42.7 Å². The third-order valence-corrected chi connectivity index (χ3v) is 5.86. The molecule has 2 N–H and O–H groups in total. The molecule has 0 aliphatic carbocycles. The Bertz CT molecular complexity index is 837. The molecule has 26 heavy (non-hydrogen) atoms. The highest BCUT2D eigenvalue weighted by atomic mass is 16.3. The van der Waals surface area contributed by atoms with Crippen LogP contribution in [-0.2, 0) is 0 Å². The van der Waals surface area contributed by atoms with Crippen LogP contribution in [0.2, 0.25) is 0 Å². The second kappa shape index (κ2) is 7.60. The van der Waals surface area contributed by atoms with Crippen LogP contribution in [0.3, 0.4) is 0 Å². The van der Waals surface area contributed by atoms with Crippen LogP contribution in [0.25, 0.3) is 11.0 Å². The second-order valence-electron chi connectivity index (χ2n) is 7.49. The molecule has 136 valence electrons. The number of piperidine rings is 1. The van der Waals surface area contributed by atoms with Crippen molar-refractivity contribution in [2.45, 2.75) is 37.7 Å². The zero-order chi connectivity index (χ0) is 17.9. The Morgan fingerprint density at radius 1 is 1.15 bits per heavy atom. The molecule has 0 saturated carbocycles. The molecule has 2 aromatic heterocycles. The highest BCUT2D eigenvalue weighted by molar-refractivity contribution is 5.80. The SMILES string of the molecule is C[C@H](c1ccccc1)[C@@H](O)CN1CCC(c2c[nH]c3ncccc23)CC1. The predicted molar refractivity (Wildman–Crippen MR) is 105 cm³/mol. The average molecular weight is 349 g/mol. The standard InChI is InChI=1S/C22H27N3O/c1-16(17-6-3-2-4-7-17)21(26)15-25-12-9-18(10-13-25)20-14-24-22-19(20)8-5-11-23-22/h2-8,11,14,16,18,21,26H,9-10,12-13,15H2,1H3,(H,23,24)/t16-,21+/m1/s1. The van der Waals surface area contributed by atoms with E-state index in [2.05, 4.69) is 46.2 Å². The molecular weight excluding hydrogens is 322 g/mol. The van der Waals surface area contributed by atoms with Crippen LogP contribution in [0.15, 0.2) is 54.9 Å². The number of nitrogens with zero attached hydrogens (tertiary/aromatic N) is 2. The smallest absolute Gasteiger partial charge is 0.137 e. The van der Waals surface area contributed by atoms with Crippen molar-refractivity contribution in [2.75, 3.05) is 19.6 Å². The quantitative estimate of drug-likeness (QED) is 0.734. The molecule has 0 amide bonds. The van der Waals surface area contributed by atoms with Crippen molar-refractivity contribution in [1.29, 1.82) is 0 Å². The molecule has 0 unspecified atom stereocenters. The number of aromatic nitrogens is 2. The van der Waals surface area contributed by atoms with Crippen LogP contribution in [0.4, 0.5) is 0 Å². The van der Waals surface area contributed by atoms with E-state index in [1.807, 2.05) is 30.5 Å². The monoisotopic (exact) mass is 349 g/mol. The fourth-order valence-corrected chi connectivity index (χ4v) is 4.14. The van der Waals surface area contributed by atoms with Gasteiger partial charge in [-0.15, -0.1) is 0 Å². The lowest BCUT2D eigenvalue weighted by atomic mass is 9.88. The molecule has 3 heterocycles. The Hall–Kier alpha value is -2.17. The number of likely N-dealkylation sites (tertiary alicyclic amines) is 1. The van der Waals surface area contributed by atoms with Gasteiger partial charge < -0.3 is 15.0 Å². The maximum absolute atomic E-state index is 10.7. The summed E-state index contributed by atoms with van der Waals surface area (Å²) in [6, 6.07) is 14.5. The summed E-state index contributed by atoms with van der Waals surface area (Å²) in [5.41, 5.74) is 3.59. The number of hydrogen-bond acceptors (Lipinski definition) is 3. The van der Waals surface area contributed by atoms with Crippen molar-refractivity contribution in [2.24, 2.45) is 0 Å². The fraction of sp³-hybridized carbons (Fsp3) is 0.409. The number of aliphatic hydroxyl groups is 1. The maximum atomic E-state index is 10.7. The first-order valence-electron chi connectivity index (χ1n) is 9.59. The average Bonchev–Trinajstić information content (AvgIpc) is 3.13. The first-order valence-corrected chi connectivity index (χ1v) is 9.59. The summed E-state index contributed by atoms with van der Waals surface area (Å²) >= 11 is 0. The molecule has 1 saturated heterocycles. The first-order chi connectivity index (χ1) is 12.7. The van der Waals surface area contributed by atoms with Crippen molar-refractivity contribution in [3.8, 4) is 0 Å². The molecule has 2 atom stereocenters. The number of pyridine rings is 1. The highest BCUT2D eigenvalue weighted by Crippen LogP contribution is 2.33. The van der Waals surface area contributed by atoms with E-state index in [-0.39, 0.29) is 12.0 Å². The number of H-pyrrole nitrogens is 1. The zero-order valence-electron chi connectivity index (χ0n) is 15.3.